The van der Waals surface area contributed by atoms with Gasteiger partial charge in [0.05, 0.1) is 6.10 Å². The highest BCUT2D eigenvalue weighted by molar-refractivity contribution is 5.75. The van der Waals surface area contributed by atoms with Gasteiger partial charge in [0.15, 0.2) is 0 Å². The number of aryl methyl sites for hydroxylation is 1. The predicted octanol–water partition coefficient (Wildman–Crippen LogP) is 1.90. The first-order valence-corrected chi connectivity index (χ1v) is 6.74. The lowest BCUT2D eigenvalue weighted by atomic mass is 10.1. The number of carbonyl (C=O) groups is 1. The Morgan fingerprint density at radius 3 is 2.72 bits per heavy atom. The zero-order chi connectivity index (χ0) is 12.8. The Kier molecular flexibility index (Phi) is 4.76. The van der Waals surface area contributed by atoms with Crippen LogP contribution in [0, 0.1) is 5.92 Å². The summed E-state index contributed by atoms with van der Waals surface area (Å²) in [5.41, 5.74) is 1.27. The van der Waals surface area contributed by atoms with Crippen molar-refractivity contribution in [3.63, 3.8) is 0 Å². The monoisotopic (exact) mass is 247 g/mol. The molecule has 98 valence electrons. The molecule has 1 aromatic rings. The maximum Gasteiger partial charge on any atom is 0.220 e. The lowest BCUT2D eigenvalue weighted by molar-refractivity contribution is -0.121. The molecule has 0 aromatic heterocycles. The maximum atomic E-state index is 11.6. The predicted molar refractivity (Wildman–Crippen MR) is 71.1 cm³/mol. The fraction of sp³-hybridized carbons (Fsp3) is 0.533. The van der Waals surface area contributed by atoms with Crippen LogP contribution in [0.2, 0.25) is 0 Å². The summed E-state index contributed by atoms with van der Waals surface area (Å²) in [6.07, 6.45) is 4.18. The van der Waals surface area contributed by atoms with E-state index in [0.717, 1.165) is 25.7 Å². The third-order valence-electron chi connectivity index (χ3n) is 3.39. The van der Waals surface area contributed by atoms with Crippen LogP contribution in [0.25, 0.3) is 0 Å². The summed E-state index contributed by atoms with van der Waals surface area (Å²) < 4.78 is 0. The van der Waals surface area contributed by atoms with Gasteiger partial charge in [-0.1, -0.05) is 30.3 Å². The van der Waals surface area contributed by atoms with Crippen molar-refractivity contribution in [2.75, 3.05) is 6.54 Å². The lowest BCUT2D eigenvalue weighted by Gasteiger charge is -2.10. The minimum atomic E-state index is -0.344. The van der Waals surface area contributed by atoms with Gasteiger partial charge < -0.3 is 10.4 Å². The Morgan fingerprint density at radius 1 is 1.33 bits per heavy atom. The number of benzene rings is 1. The van der Waals surface area contributed by atoms with Crippen molar-refractivity contribution in [1.82, 2.24) is 5.32 Å². The van der Waals surface area contributed by atoms with Gasteiger partial charge in [-0.3, -0.25) is 4.79 Å². The third kappa shape index (κ3) is 4.49. The molecule has 2 N–H and O–H groups in total. The van der Waals surface area contributed by atoms with E-state index < -0.39 is 0 Å². The van der Waals surface area contributed by atoms with Crippen LogP contribution in [0.3, 0.4) is 0 Å². The second kappa shape index (κ2) is 6.55. The molecule has 1 saturated carbocycles. The molecule has 0 heterocycles. The minimum Gasteiger partial charge on any atom is -0.391 e. The maximum absolute atomic E-state index is 11.6. The van der Waals surface area contributed by atoms with Gasteiger partial charge in [0.25, 0.3) is 0 Å². The van der Waals surface area contributed by atoms with E-state index in [1.54, 1.807) is 0 Å². The van der Waals surface area contributed by atoms with E-state index >= 15 is 0 Å². The molecule has 3 heteroatoms. The Hall–Kier alpha value is -1.35. The molecule has 3 nitrogen and oxygen atoms in total. The number of amides is 1. The van der Waals surface area contributed by atoms with Crippen LogP contribution in [0.15, 0.2) is 30.3 Å². The number of aliphatic hydroxyl groups is 1. The molecule has 1 aliphatic carbocycles. The number of carbonyl (C=O) groups excluding carboxylic acids is 1. The highest BCUT2D eigenvalue weighted by Crippen LogP contribution is 2.32. The van der Waals surface area contributed by atoms with E-state index in [4.69, 9.17) is 0 Å². The Labute approximate surface area is 108 Å². The number of rotatable bonds is 7. The Balaban J connectivity index is 1.57. The zero-order valence-corrected chi connectivity index (χ0v) is 10.6. The number of nitrogens with one attached hydrogen (secondary N) is 1. The van der Waals surface area contributed by atoms with Crippen LogP contribution in [0.5, 0.6) is 0 Å². The van der Waals surface area contributed by atoms with E-state index in [9.17, 15) is 9.90 Å². The summed E-state index contributed by atoms with van der Waals surface area (Å²) >= 11 is 0. The summed E-state index contributed by atoms with van der Waals surface area (Å²) in [5.74, 6) is 0.472. The number of hydrogen-bond acceptors (Lipinski definition) is 2. The van der Waals surface area contributed by atoms with Crippen molar-refractivity contribution >= 4 is 5.91 Å². The highest BCUT2D eigenvalue weighted by Gasteiger charge is 2.29. The Morgan fingerprint density at radius 2 is 2.06 bits per heavy atom. The molecule has 1 unspecified atom stereocenters. The molecule has 0 bridgehead atoms. The molecule has 0 spiro atoms. The van der Waals surface area contributed by atoms with Gasteiger partial charge in [-0.05, 0) is 37.2 Å². The largest absolute Gasteiger partial charge is 0.391 e. The number of aliphatic hydroxyl groups excluding tert-OH is 1. The van der Waals surface area contributed by atoms with Crippen LogP contribution in [0.1, 0.15) is 31.2 Å². The number of hydrogen-bond donors (Lipinski definition) is 2. The molecule has 1 fully saturated rings. The topological polar surface area (TPSA) is 49.3 Å². The van der Waals surface area contributed by atoms with Gasteiger partial charge in [0.1, 0.15) is 0 Å². The summed E-state index contributed by atoms with van der Waals surface area (Å²) in [5, 5.41) is 12.4. The summed E-state index contributed by atoms with van der Waals surface area (Å²) in [6.45, 7) is 0.412. The van der Waals surface area contributed by atoms with Gasteiger partial charge >= 0.3 is 0 Å². The second-order valence-corrected chi connectivity index (χ2v) is 5.05. The summed E-state index contributed by atoms with van der Waals surface area (Å²) in [4.78, 5) is 11.6. The quantitative estimate of drug-likeness (QED) is 0.773. The van der Waals surface area contributed by atoms with Gasteiger partial charge in [0, 0.05) is 13.0 Å². The molecule has 1 aliphatic rings. The molecule has 1 aromatic carbocycles. The van der Waals surface area contributed by atoms with Crippen molar-refractivity contribution in [2.45, 2.75) is 38.2 Å². The van der Waals surface area contributed by atoms with Gasteiger partial charge in [-0.15, -0.1) is 0 Å². The fourth-order valence-corrected chi connectivity index (χ4v) is 2.05. The second-order valence-electron chi connectivity index (χ2n) is 5.05. The van der Waals surface area contributed by atoms with Gasteiger partial charge in [-0.25, -0.2) is 0 Å². The normalized spacial score (nSPS) is 16.3. The van der Waals surface area contributed by atoms with Crippen molar-refractivity contribution in [2.24, 2.45) is 5.92 Å². The molecular weight excluding hydrogens is 226 g/mol. The van der Waals surface area contributed by atoms with E-state index in [1.807, 2.05) is 18.2 Å². The fourth-order valence-electron chi connectivity index (χ4n) is 2.05. The van der Waals surface area contributed by atoms with Gasteiger partial charge in [-0.2, -0.15) is 0 Å². The van der Waals surface area contributed by atoms with Gasteiger partial charge in [0.2, 0.25) is 5.91 Å². The first kappa shape index (κ1) is 13.1. The molecular formula is C15H21NO2. The van der Waals surface area contributed by atoms with Crippen LogP contribution >= 0.6 is 0 Å². The summed E-state index contributed by atoms with van der Waals surface area (Å²) in [7, 11) is 0. The van der Waals surface area contributed by atoms with Crippen molar-refractivity contribution < 1.29 is 9.90 Å². The average Bonchev–Trinajstić information content (AvgIpc) is 3.21. The molecule has 0 radical (unpaired) electrons. The Bertz CT molecular complexity index is 373. The third-order valence-corrected chi connectivity index (χ3v) is 3.39. The molecule has 0 aliphatic heterocycles. The zero-order valence-electron chi connectivity index (χ0n) is 10.6. The van der Waals surface area contributed by atoms with E-state index in [2.05, 4.69) is 17.4 Å². The molecule has 1 amide bonds. The molecule has 18 heavy (non-hydrogen) atoms. The van der Waals surface area contributed by atoms with Crippen LogP contribution in [0.4, 0.5) is 0 Å². The molecule has 2 rings (SSSR count). The lowest BCUT2D eigenvalue weighted by Crippen LogP contribution is -2.33. The average molecular weight is 247 g/mol. The molecule has 1 atom stereocenters. The molecule has 0 saturated heterocycles. The van der Waals surface area contributed by atoms with Crippen molar-refractivity contribution in [3.8, 4) is 0 Å². The van der Waals surface area contributed by atoms with E-state index in [0.29, 0.717) is 18.9 Å². The highest BCUT2D eigenvalue weighted by atomic mass is 16.3. The SMILES string of the molecule is O=C(CCCc1ccccc1)NCC(O)C1CC1. The van der Waals surface area contributed by atoms with Crippen LogP contribution in [-0.2, 0) is 11.2 Å². The van der Waals surface area contributed by atoms with Crippen LogP contribution in [-0.4, -0.2) is 23.7 Å². The van der Waals surface area contributed by atoms with Crippen molar-refractivity contribution in [1.29, 1.82) is 0 Å². The van der Waals surface area contributed by atoms with E-state index in [-0.39, 0.29) is 12.0 Å². The van der Waals surface area contributed by atoms with E-state index in [1.165, 1.54) is 5.56 Å². The van der Waals surface area contributed by atoms with Crippen LogP contribution < -0.4 is 5.32 Å². The summed E-state index contributed by atoms with van der Waals surface area (Å²) in [6, 6.07) is 10.2. The van der Waals surface area contributed by atoms with Crippen molar-refractivity contribution in [3.05, 3.63) is 35.9 Å². The smallest absolute Gasteiger partial charge is 0.220 e. The first-order chi connectivity index (χ1) is 8.75. The standard InChI is InChI=1S/C15H21NO2/c17-14(13-9-10-13)11-16-15(18)8-4-7-12-5-2-1-3-6-12/h1-3,5-6,13-14,17H,4,7-11H2,(H,16,18). The minimum absolute atomic E-state index is 0.0469. The first-order valence-electron chi connectivity index (χ1n) is 6.74.